The van der Waals surface area contributed by atoms with Gasteiger partial charge in [0.25, 0.3) is 0 Å². The number of halogens is 2. The van der Waals surface area contributed by atoms with Gasteiger partial charge >= 0.3 is 5.69 Å². The molecule has 0 fully saturated rings. The maximum absolute atomic E-state index is 11.4. The molecule has 0 atom stereocenters. The van der Waals surface area contributed by atoms with Crippen LogP contribution in [-0.2, 0) is 0 Å². The average Bonchev–Trinajstić information content (AvgIpc) is 2.89. The number of nitrogens with one attached hydrogen (secondary N) is 1. The molecule has 1 aromatic carbocycles. The van der Waals surface area contributed by atoms with Crippen molar-refractivity contribution in [3.05, 3.63) is 57.1 Å². The number of rotatable bonds is 3. The van der Waals surface area contributed by atoms with Gasteiger partial charge in [0.15, 0.2) is 0 Å². The van der Waals surface area contributed by atoms with Crippen LogP contribution in [0, 0.1) is 0 Å². The lowest BCUT2D eigenvalue weighted by Gasteiger charge is -2.07. The van der Waals surface area contributed by atoms with E-state index in [1.165, 1.54) is 12.3 Å². The van der Waals surface area contributed by atoms with Gasteiger partial charge in [0.1, 0.15) is 10.8 Å². The molecule has 3 rings (SSSR count). The molecule has 0 radical (unpaired) electrons. The van der Waals surface area contributed by atoms with Crippen LogP contribution in [0.5, 0.6) is 11.6 Å². The number of tetrazole rings is 1. The Labute approximate surface area is 128 Å². The van der Waals surface area contributed by atoms with Gasteiger partial charge in [-0.3, -0.25) is 0 Å². The number of hydrogen-bond acceptors (Lipinski definition) is 5. The van der Waals surface area contributed by atoms with Crippen molar-refractivity contribution in [1.29, 1.82) is 0 Å². The third-order valence-corrected chi connectivity index (χ3v) is 3.02. The number of H-pyrrole nitrogens is 1. The van der Waals surface area contributed by atoms with Crippen LogP contribution in [0.25, 0.3) is 5.69 Å². The molecule has 2 aromatic heterocycles. The Balaban J connectivity index is 1.85. The van der Waals surface area contributed by atoms with E-state index in [1.807, 2.05) is 0 Å². The first-order valence-corrected chi connectivity index (χ1v) is 6.49. The van der Waals surface area contributed by atoms with Crippen LogP contribution in [0.4, 0.5) is 0 Å². The van der Waals surface area contributed by atoms with Gasteiger partial charge in [-0.05, 0) is 40.8 Å². The average molecular weight is 324 g/mol. The van der Waals surface area contributed by atoms with Crippen LogP contribution in [0.1, 0.15) is 0 Å². The van der Waals surface area contributed by atoms with Gasteiger partial charge in [0.05, 0.1) is 10.7 Å². The van der Waals surface area contributed by atoms with Crippen molar-refractivity contribution in [2.45, 2.75) is 0 Å². The van der Waals surface area contributed by atoms with E-state index in [0.29, 0.717) is 21.5 Å². The number of ether oxygens (including phenoxy) is 1. The second-order valence-electron chi connectivity index (χ2n) is 3.95. The summed E-state index contributed by atoms with van der Waals surface area (Å²) >= 11 is 11.7. The van der Waals surface area contributed by atoms with E-state index in [9.17, 15) is 4.79 Å². The molecule has 0 aliphatic rings. The zero-order chi connectivity index (χ0) is 14.8. The Morgan fingerprint density at radius 2 is 1.95 bits per heavy atom. The number of hydrogen-bond donors (Lipinski definition) is 1. The van der Waals surface area contributed by atoms with E-state index >= 15 is 0 Å². The minimum atomic E-state index is -0.425. The smallest absolute Gasteiger partial charge is 0.365 e. The number of benzene rings is 1. The zero-order valence-corrected chi connectivity index (χ0v) is 11.8. The van der Waals surface area contributed by atoms with Crippen molar-refractivity contribution in [1.82, 2.24) is 25.2 Å². The Hall–Kier alpha value is -2.38. The first-order valence-electron chi connectivity index (χ1n) is 5.73. The van der Waals surface area contributed by atoms with Crippen LogP contribution in [0.15, 0.2) is 41.3 Å². The second-order valence-corrected chi connectivity index (χ2v) is 4.80. The molecule has 0 amide bonds. The summed E-state index contributed by atoms with van der Waals surface area (Å²) in [7, 11) is 0. The number of aromatic nitrogens is 5. The molecule has 0 saturated heterocycles. The maximum Gasteiger partial charge on any atom is 0.365 e. The molecule has 0 unspecified atom stereocenters. The largest absolute Gasteiger partial charge is 0.438 e. The molecule has 0 aliphatic heterocycles. The summed E-state index contributed by atoms with van der Waals surface area (Å²) in [6, 6.07) is 8.16. The predicted octanol–water partition coefficient (Wildman–Crippen LogP) is 2.45. The fraction of sp³-hybridized carbons (Fsp3) is 0. The molecule has 9 heteroatoms. The summed E-state index contributed by atoms with van der Waals surface area (Å²) in [6.45, 7) is 0. The highest BCUT2D eigenvalue weighted by Crippen LogP contribution is 2.29. The van der Waals surface area contributed by atoms with Crippen LogP contribution < -0.4 is 10.4 Å². The summed E-state index contributed by atoms with van der Waals surface area (Å²) in [5.74, 6) is 0.749. The molecular weight excluding hydrogens is 317 g/mol. The van der Waals surface area contributed by atoms with E-state index in [-0.39, 0.29) is 5.88 Å². The summed E-state index contributed by atoms with van der Waals surface area (Å²) < 4.78 is 6.66. The predicted molar refractivity (Wildman–Crippen MR) is 76.3 cm³/mol. The Morgan fingerprint density at radius 1 is 1.19 bits per heavy atom. The maximum atomic E-state index is 11.4. The Kier molecular flexibility index (Phi) is 3.59. The highest BCUT2D eigenvalue weighted by molar-refractivity contribution is 6.35. The topological polar surface area (TPSA) is 85.7 Å². The van der Waals surface area contributed by atoms with E-state index < -0.39 is 5.69 Å². The first-order chi connectivity index (χ1) is 10.1. The number of pyridine rings is 1. The van der Waals surface area contributed by atoms with Gasteiger partial charge in [0, 0.05) is 6.20 Å². The third kappa shape index (κ3) is 2.88. The minimum absolute atomic E-state index is 0.243. The molecule has 0 saturated carbocycles. The van der Waals surface area contributed by atoms with Gasteiger partial charge in [-0.1, -0.05) is 23.2 Å². The molecule has 0 bridgehead atoms. The third-order valence-electron chi connectivity index (χ3n) is 2.54. The summed E-state index contributed by atoms with van der Waals surface area (Å²) in [6.07, 6.45) is 1.44. The Morgan fingerprint density at radius 3 is 2.57 bits per heavy atom. The molecule has 1 N–H and O–H groups in total. The van der Waals surface area contributed by atoms with Crippen LogP contribution in [0.2, 0.25) is 10.0 Å². The molecule has 21 heavy (non-hydrogen) atoms. The fourth-order valence-corrected chi connectivity index (χ4v) is 2.03. The Bertz CT molecular complexity index is 828. The normalized spacial score (nSPS) is 10.6. The highest BCUT2D eigenvalue weighted by Gasteiger charge is 2.07. The lowest BCUT2D eigenvalue weighted by atomic mass is 10.3. The standard InChI is InChI=1S/C12H7Cl2N5O2/c13-7-5-10(14)11(15-6-7)21-9-3-1-8(2-4-9)19-12(20)16-17-18-19/h1-6H,(H,16,18,20). The number of aromatic amines is 1. The summed E-state index contributed by atoms with van der Waals surface area (Å²) in [5, 5.41) is 9.98. The molecule has 7 nitrogen and oxygen atoms in total. The molecule has 3 aromatic rings. The van der Waals surface area contributed by atoms with Crippen molar-refractivity contribution in [2.24, 2.45) is 0 Å². The van der Waals surface area contributed by atoms with Crippen molar-refractivity contribution >= 4 is 23.2 Å². The summed E-state index contributed by atoms with van der Waals surface area (Å²) in [5.41, 5.74) is 0.127. The zero-order valence-electron chi connectivity index (χ0n) is 10.3. The van der Waals surface area contributed by atoms with Crippen molar-refractivity contribution < 1.29 is 4.74 Å². The molecule has 106 valence electrons. The van der Waals surface area contributed by atoms with Gasteiger partial charge in [0.2, 0.25) is 5.88 Å². The molecule has 2 heterocycles. The molecular formula is C12H7Cl2N5O2. The van der Waals surface area contributed by atoms with E-state index in [1.54, 1.807) is 24.3 Å². The number of nitrogens with zero attached hydrogens (tertiary/aromatic N) is 4. The van der Waals surface area contributed by atoms with Crippen molar-refractivity contribution in [2.75, 3.05) is 0 Å². The second kappa shape index (κ2) is 5.55. The highest BCUT2D eigenvalue weighted by atomic mass is 35.5. The van der Waals surface area contributed by atoms with Gasteiger partial charge in [-0.2, -0.15) is 4.68 Å². The van der Waals surface area contributed by atoms with E-state index in [0.717, 1.165) is 4.68 Å². The quantitative estimate of drug-likeness (QED) is 0.800. The van der Waals surface area contributed by atoms with Gasteiger partial charge in [-0.15, -0.1) is 0 Å². The minimum Gasteiger partial charge on any atom is -0.438 e. The monoisotopic (exact) mass is 323 g/mol. The van der Waals surface area contributed by atoms with Crippen LogP contribution in [-0.4, -0.2) is 25.2 Å². The van der Waals surface area contributed by atoms with Crippen LogP contribution >= 0.6 is 23.2 Å². The lowest BCUT2D eigenvalue weighted by Crippen LogP contribution is -2.15. The lowest BCUT2D eigenvalue weighted by molar-refractivity contribution is 0.463. The fourth-order valence-electron chi connectivity index (χ4n) is 1.61. The first kappa shape index (κ1) is 13.6. The van der Waals surface area contributed by atoms with Crippen LogP contribution in [0.3, 0.4) is 0 Å². The van der Waals surface area contributed by atoms with E-state index in [2.05, 4.69) is 20.5 Å². The van der Waals surface area contributed by atoms with Crippen molar-refractivity contribution in [3.63, 3.8) is 0 Å². The SMILES string of the molecule is O=c1[nH]nnn1-c1ccc(Oc2ncc(Cl)cc2Cl)cc1. The molecule has 0 aliphatic carbocycles. The molecule has 0 spiro atoms. The van der Waals surface area contributed by atoms with Crippen molar-refractivity contribution in [3.8, 4) is 17.3 Å². The van der Waals surface area contributed by atoms with E-state index in [4.69, 9.17) is 27.9 Å². The van der Waals surface area contributed by atoms with Gasteiger partial charge in [-0.25, -0.2) is 14.9 Å². The summed E-state index contributed by atoms with van der Waals surface area (Å²) in [4.78, 5) is 15.4. The van der Waals surface area contributed by atoms with Gasteiger partial charge < -0.3 is 4.74 Å².